The van der Waals surface area contributed by atoms with Crippen LogP contribution >= 0.6 is 0 Å². The van der Waals surface area contributed by atoms with Crippen LogP contribution in [0, 0.1) is 11.3 Å². The first kappa shape index (κ1) is 35.8. The molecule has 0 spiro atoms. The van der Waals surface area contributed by atoms with Gasteiger partial charge in [0.05, 0.1) is 25.8 Å². The maximum Gasteiger partial charge on any atom is 0.262 e. The molecule has 9 heteroatoms. The van der Waals surface area contributed by atoms with Crippen molar-refractivity contribution in [2.75, 3.05) is 19.8 Å². The average molecular weight is 620 g/mol. The molecule has 0 unspecified atom stereocenters. The van der Waals surface area contributed by atoms with Gasteiger partial charge in [-0.25, -0.2) is 4.99 Å². The molecule has 1 fully saturated rings. The Morgan fingerprint density at radius 1 is 1.09 bits per heavy atom. The molecule has 2 heterocycles. The molecule has 2 amide bonds. The zero-order valence-corrected chi connectivity index (χ0v) is 28.5. The van der Waals surface area contributed by atoms with Crippen molar-refractivity contribution < 1.29 is 24.2 Å². The van der Waals surface area contributed by atoms with Gasteiger partial charge < -0.3 is 25.3 Å². The van der Waals surface area contributed by atoms with Gasteiger partial charge >= 0.3 is 0 Å². The van der Waals surface area contributed by atoms with Crippen LogP contribution < -0.4 is 10.8 Å². The van der Waals surface area contributed by atoms with E-state index in [1.807, 2.05) is 60.4 Å². The lowest BCUT2D eigenvalue weighted by Gasteiger charge is -2.35. The normalized spacial score (nSPS) is 20.5. The lowest BCUT2D eigenvalue weighted by Crippen LogP contribution is -2.47. The minimum Gasteiger partial charge on any atom is -0.550 e. The van der Waals surface area contributed by atoms with Crippen LogP contribution in [0.5, 0.6) is 0 Å². The number of hydrogen-bond donors (Lipinski definition) is 1. The van der Waals surface area contributed by atoms with Crippen molar-refractivity contribution in [2.24, 2.45) is 22.1 Å². The van der Waals surface area contributed by atoms with E-state index in [0.717, 1.165) is 23.1 Å². The highest BCUT2D eigenvalue weighted by molar-refractivity contribution is 6.07. The van der Waals surface area contributed by atoms with Crippen LogP contribution in [0.2, 0.25) is 0 Å². The average Bonchev–Trinajstić information content (AvgIpc) is 3.20. The molecule has 2 aromatic carbocycles. The first-order valence-corrected chi connectivity index (χ1v) is 15.8. The molecule has 4 rings (SSSR count). The molecule has 2 N–H and O–H groups in total. The summed E-state index contributed by atoms with van der Waals surface area (Å²) < 4.78 is 5.56. The minimum atomic E-state index is -1.02. The summed E-state index contributed by atoms with van der Waals surface area (Å²) in [6, 6.07) is 15.7. The van der Waals surface area contributed by atoms with E-state index in [1.165, 1.54) is 0 Å². The van der Waals surface area contributed by atoms with Gasteiger partial charge in [0.15, 0.2) is 11.5 Å². The molecular weight excluding hydrogens is 568 g/mol. The SMILES string of the molecule is CC(C)(C)C(=O)[O-].CC(C)CC[C@]1(c2ccccc2)N=C(N)N(Cc2ccc(C(C)(C)C)c(C(=O)N3CCOC[C@@H]3C)c2)C1=O. The molecule has 0 radical (unpaired) electrons. The van der Waals surface area contributed by atoms with Crippen LogP contribution in [-0.2, 0) is 31.8 Å². The number of guanidine groups is 1. The molecule has 0 aromatic heterocycles. The van der Waals surface area contributed by atoms with E-state index in [-0.39, 0.29) is 35.8 Å². The van der Waals surface area contributed by atoms with E-state index in [0.29, 0.717) is 37.7 Å². The summed E-state index contributed by atoms with van der Waals surface area (Å²) in [6.45, 7) is 19.3. The number of aliphatic carboxylic acids is 1. The molecular formula is C36H51N4O5-. The zero-order chi connectivity index (χ0) is 33.7. The van der Waals surface area contributed by atoms with E-state index in [4.69, 9.17) is 15.5 Å². The van der Waals surface area contributed by atoms with Gasteiger partial charge in [-0.1, -0.05) is 97.9 Å². The van der Waals surface area contributed by atoms with Crippen molar-refractivity contribution >= 4 is 23.7 Å². The number of nitrogens with zero attached hydrogens (tertiary/aromatic N) is 3. The van der Waals surface area contributed by atoms with E-state index in [2.05, 4.69) is 34.6 Å². The van der Waals surface area contributed by atoms with Gasteiger partial charge in [0.1, 0.15) is 0 Å². The minimum absolute atomic E-state index is 0.00229. The van der Waals surface area contributed by atoms with Gasteiger partial charge in [-0.2, -0.15) is 0 Å². The third-order valence-corrected chi connectivity index (χ3v) is 8.22. The van der Waals surface area contributed by atoms with E-state index in [1.54, 1.807) is 25.7 Å². The van der Waals surface area contributed by atoms with Crippen molar-refractivity contribution in [2.45, 2.75) is 98.7 Å². The van der Waals surface area contributed by atoms with Gasteiger partial charge in [-0.3, -0.25) is 14.5 Å². The number of morpholine rings is 1. The van der Waals surface area contributed by atoms with Crippen LogP contribution in [0.3, 0.4) is 0 Å². The molecule has 2 aliphatic heterocycles. The fourth-order valence-electron chi connectivity index (χ4n) is 5.38. The first-order chi connectivity index (χ1) is 20.9. The predicted molar refractivity (Wildman–Crippen MR) is 175 cm³/mol. The van der Waals surface area contributed by atoms with Crippen molar-refractivity contribution in [1.82, 2.24) is 9.80 Å². The molecule has 0 saturated carbocycles. The summed E-state index contributed by atoms with van der Waals surface area (Å²) in [5.41, 5.74) is 7.85. The second-order valence-corrected chi connectivity index (χ2v) is 14.6. The quantitative estimate of drug-likeness (QED) is 0.482. The van der Waals surface area contributed by atoms with Gasteiger partial charge in [0.2, 0.25) is 0 Å². The second kappa shape index (κ2) is 14.1. The number of rotatable bonds is 7. The molecule has 9 nitrogen and oxygen atoms in total. The summed E-state index contributed by atoms with van der Waals surface area (Å²) in [6.07, 6.45) is 1.44. The zero-order valence-electron chi connectivity index (χ0n) is 28.5. The number of carbonyl (C=O) groups excluding carboxylic acids is 3. The number of hydrogen-bond acceptors (Lipinski definition) is 7. The third kappa shape index (κ3) is 8.51. The molecule has 2 aromatic rings. The molecule has 0 bridgehead atoms. The van der Waals surface area contributed by atoms with Crippen LogP contribution in [0.25, 0.3) is 0 Å². The third-order valence-electron chi connectivity index (χ3n) is 8.22. The van der Waals surface area contributed by atoms with Crippen LogP contribution in [0.4, 0.5) is 0 Å². The maximum atomic E-state index is 14.0. The van der Waals surface area contributed by atoms with Gasteiger partial charge in [0.25, 0.3) is 11.8 Å². The largest absolute Gasteiger partial charge is 0.550 e. The topological polar surface area (TPSA) is 128 Å². The molecule has 2 aliphatic rings. The number of amides is 2. The predicted octanol–water partition coefficient (Wildman–Crippen LogP) is 4.62. The fraction of sp³-hybridized carbons (Fsp3) is 0.556. The molecule has 1 saturated heterocycles. The van der Waals surface area contributed by atoms with Crippen molar-refractivity contribution in [3.05, 3.63) is 70.8 Å². The Morgan fingerprint density at radius 3 is 2.24 bits per heavy atom. The smallest absolute Gasteiger partial charge is 0.262 e. The number of nitrogens with two attached hydrogens (primary N) is 1. The highest BCUT2D eigenvalue weighted by Crippen LogP contribution is 2.39. The summed E-state index contributed by atoms with van der Waals surface area (Å²) in [4.78, 5) is 46.0. The summed E-state index contributed by atoms with van der Waals surface area (Å²) >= 11 is 0. The van der Waals surface area contributed by atoms with E-state index < -0.39 is 16.9 Å². The Hall–Kier alpha value is -3.72. The number of benzene rings is 2. The molecule has 2 atom stereocenters. The highest BCUT2D eigenvalue weighted by Gasteiger charge is 2.48. The monoisotopic (exact) mass is 619 g/mol. The van der Waals surface area contributed by atoms with E-state index >= 15 is 0 Å². The Labute approximate surface area is 268 Å². The lowest BCUT2D eigenvalue weighted by atomic mass is 9.82. The van der Waals surface area contributed by atoms with Crippen molar-refractivity contribution in [3.63, 3.8) is 0 Å². The number of carbonyl (C=O) groups is 3. The number of carboxylic acids is 1. The molecule has 0 aliphatic carbocycles. The number of aliphatic imine (C=N–C) groups is 1. The van der Waals surface area contributed by atoms with Gasteiger partial charge in [-0.15, -0.1) is 0 Å². The molecule has 246 valence electrons. The Kier molecular flexibility index (Phi) is 11.2. The summed E-state index contributed by atoms with van der Waals surface area (Å²) in [5, 5.41) is 9.91. The Balaban J connectivity index is 0.000000707. The standard InChI is InChI=1S/C31H42N4O3.C5H10O2/c1-21(2)14-15-31(24-10-8-7-9-11-24)28(37)35(29(32)33-31)19-23-12-13-26(30(4,5)6)25(18-23)27(36)34-16-17-38-20-22(34)3;1-5(2,3)4(6)7/h7-13,18,21-22H,14-17,19-20H2,1-6H3,(H2,32,33);1-3H3,(H,6,7)/p-1/t22-,31+;/m0./s1. The van der Waals surface area contributed by atoms with Crippen LogP contribution in [0.1, 0.15) is 102 Å². The number of carboxylic acid groups (broad SMARTS) is 1. The second-order valence-electron chi connectivity index (χ2n) is 14.6. The summed E-state index contributed by atoms with van der Waals surface area (Å²) in [5.74, 6) is -0.478. The number of ether oxygens (including phenoxy) is 1. The Bertz CT molecular complexity index is 1390. The lowest BCUT2D eigenvalue weighted by molar-refractivity contribution is -0.316. The van der Waals surface area contributed by atoms with Crippen LogP contribution in [-0.4, -0.2) is 59.3 Å². The van der Waals surface area contributed by atoms with E-state index in [9.17, 15) is 19.5 Å². The van der Waals surface area contributed by atoms with Crippen molar-refractivity contribution in [3.8, 4) is 0 Å². The highest BCUT2D eigenvalue weighted by atomic mass is 16.5. The molecule has 45 heavy (non-hydrogen) atoms. The first-order valence-electron chi connectivity index (χ1n) is 15.8. The fourth-order valence-corrected chi connectivity index (χ4v) is 5.38. The summed E-state index contributed by atoms with van der Waals surface area (Å²) in [7, 11) is 0. The van der Waals surface area contributed by atoms with Crippen LogP contribution in [0.15, 0.2) is 53.5 Å². The van der Waals surface area contributed by atoms with Gasteiger partial charge in [0, 0.05) is 23.5 Å². The van der Waals surface area contributed by atoms with Gasteiger partial charge in [-0.05, 0) is 53.9 Å². The maximum absolute atomic E-state index is 14.0. The Morgan fingerprint density at radius 2 is 1.71 bits per heavy atom. The van der Waals surface area contributed by atoms with Crippen molar-refractivity contribution in [1.29, 1.82) is 0 Å².